The molecule has 0 unspecified atom stereocenters. The third-order valence-corrected chi connectivity index (χ3v) is 4.46. The van der Waals surface area contributed by atoms with Crippen LogP contribution in [0.15, 0.2) is 53.6 Å². The highest BCUT2D eigenvalue weighted by Crippen LogP contribution is 2.27. The van der Waals surface area contributed by atoms with Gasteiger partial charge in [0.05, 0.1) is 10.6 Å². The van der Waals surface area contributed by atoms with Crippen LogP contribution in [0.25, 0.3) is 10.9 Å². The van der Waals surface area contributed by atoms with Gasteiger partial charge in [-0.15, -0.1) is 11.8 Å². The second-order valence-corrected chi connectivity index (χ2v) is 5.97. The van der Waals surface area contributed by atoms with E-state index in [1.165, 1.54) is 5.39 Å². The molecule has 106 valence electrons. The molecule has 1 aromatic heterocycles. The molecule has 0 radical (unpaired) electrons. The summed E-state index contributed by atoms with van der Waals surface area (Å²) in [4.78, 5) is 14.3. The molecule has 1 heterocycles. The Balaban J connectivity index is 1.76. The van der Waals surface area contributed by atoms with E-state index < -0.39 is 5.97 Å². The lowest BCUT2D eigenvalue weighted by molar-refractivity contribution is 0.0697. The molecule has 0 fully saturated rings. The molecule has 0 aliphatic heterocycles. The number of H-pyrrole nitrogens is 1. The summed E-state index contributed by atoms with van der Waals surface area (Å²) in [7, 11) is 0. The average molecular weight is 297 g/mol. The number of aryl methyl sites for hydroxylation is 1. The largest absolute Gasteiger partial charge is 0.478 e. The zero-order chi connectivity index (χ0) is 14.8. The SMILES string of the molecule is Cc1cc(C(=O)O)ccc1CSc1cc2ccccc2[nH]1. The van der Waals surface area contributed by atoms with Crippen LogP contribution in [-0.2, 0) is 5.75 Å². The van der Waals surface area contributed by atoms with Crippen LogP contribution in [0.2, 0.25) is 0 Å². The summed E-state index contributed by atoms with van der Waals surface area (Å²) in [5, 5.41) is 11.3. The number of hydrogen-bond acceptors (Lipinski definition) is 2. The molecule has 0 aliphatic rings. The number of aromatic nitrogens is 1. The third-order valence-electron chi connectivity index (χ3n) is 3.48. The highest BCUT2D eigenvalue weighted by atomic mass is 32.2. The number of thioether (sulfide) groups is 1. The molecule has 0 saturated carbocycles. The Hall–Kier alpha value is -2.20. The van der Waals surface area contributed by atoms with Crippen molar-refractivity contribution in [3.8, 4) is 0 Å². The number of carboxylic acid groups (broad SMARTS) is 1. The van der Waals surface area contributed by atoms with Gasteiger partial charge >= 0.3 is 5.97 Å². The number of aromatic amines is 1. The van der Waals surface area contributed by atoms with Crippen LogP contribution in [-0.4, -0.2) is 16.1 Å². The van der Waals surface area contributed by atoms with E-state index >= 15 is 0 Å². The Bertz CT molecular complexity index is 774. The van der Waals surface area contributed by atoms with E-state index in [0.29, 0.717) is 5.56 Å². The fourth-order valence-electron chi connectivity index (χ4n) is 2.27. The molecule has 0 bridgehead atoms. The standard InChI is InChI=1S/C17H15NO2S/c1-11-8-13(17(19)20)6-7-14(11)10-21-16-9-12-4-2-3-5-15(12)18-16/h2-9,18H,10H2,1H3,(H,19,20). The molecule has 0 aliphatic carbocycles. The van der Waals surface area contributed by atoms with Gasteiger partial charge in [0.2, 0.25) is 0 Å². The number of fused-ring (bicyclic) bond motifs is 1. The quantitative estimate of drug-likeness (QED) is 0.699. The molecular formula is C17H15NO2S. The van der Waals surface area contributed by atoms with Crippen LogP contribution >= 0.6 is 11.8 Å². The van der Waals surface area contributed by atoms with Crippen molar-refractivity contribution in [3.05, 3.63) is 65.2 Å². The molecule has 3 rings (SSSR count). The van der Waals surface area contributed by atoms with E-state index in [0.717, 1.165) is 27.4 Å². The normalized spacial score (nSPS) is 10.9. The van der Waals surface area contributed by atoms with E-state index in [-0.39, 0.29) is 0 Å². The number of rotatable bonds is 4. The van der Waals surface area contributed by atoms with E-state index in [1.807, 2.05) is 25.1 Å². The van der Waals surface area contributed by atoms with Gasteiger partial charge in [-0.1, -0.05) is 24.3 Å². The van der Waals surface area contributed by atoms with E-state index in [9.17, 15) is 4.79 Å². The predicted octanol–water partition coefficient (Wildman–Crippen LogP) is 4.47. The summed E-state index contributed by atoms with van der Waals surface area (Å²) < 4.78 is 0. The second kappa shape index (κ2) is 5.66. The lowest BCUT2D eigenvalue weighted by atomic mass is 10.1. The van der Waals surface area contributed by atoms with Crippen LogP contribution in [0.4, 0.5) is 0 Å². The van der Waals surface area contributed by atoms with Crippen LogP contribution in [0.5, 0.6) is 0 Å². The fourth-order valence-corrected chi connectivity index (χ4v) is 3.30. The van der Waals surface area contributed by atoms with Crippen LogP contribution in [0.3, 0.4) is 0 Å². The van der Waals surface area contributed by atoms with Crippen molar-refractivity contribution >= 4 is 28.6 Å². The molecule has 2 N–H and O–H groups in total. The molecule has 0 atom stereocenters. The van der Waals surface area contributed by atoms with Gasteiger partial charge in [-0.25, -0.2) is 4.79 Å². The molecular weight excluding hydrogens is 282 g/mol. The summed E-state index contributed by atoms with van der Waals surface area (Å²) >= 11 is 1.72. The predicted molar refractivity (Wildman–Crippen MR) is 86.0 cm³/mol. The Morgan fingerprint density at radius 3 is 2.71 bits per heavy atom. The third kappa shape index (κ3) is 2.95. The van der Waals surface area contributed by atoms with Gasteiger partial charge in [0.25, 0.3) is 0 Å². The van der Waals surface area contributed by atoms with Gasteiger partial charge in [0.15, 0.2) is 0 Å². The molecule has 21 heavy (non-hydrogen) atoms. The topological polar surface area (TPSA) is 53.1 Å². The van der Waals surface area contributed by atoms with E-state index in [1.54, 1.807) is 23.9 Å². The Labute approximate surface area is 127 Å². The van der Waals surface area contributed by atoms with Crippen LogP contribution in [0.1, 0.15) is 21.5 Å². The van der Waals surface area contributed by atoms with Crippen molar-refractivity contribution in [1.29, 1.82) is 0 Å². The maximum Gasteiger partial charge on any atom is 0.335 e. The van der Waals surface area contributed by atoms with Gasteiger partial charge in [-0.2, -0.15) is 0 Å². The summed E-state index contributed by atoms with van der Waals surface area (Å²) in [6.45, 7) is 1.95. The zero-order valence-electron chi connectivity index (χ0n) is 11.6. The first kappa shape index (κ1) is 13.8. The molecule has 0 saturated heterocycles. The number of hydrogen-bond donors (Lipinski definition) is 2. The van der Waals surface area contributed by atoms with Crippen molar-refractivity contribution in [1.82, 2.24) is 4.98 Å². The maximum atomic E-state index is 10.9. The summed E-state index contributed by atoms with van der Waals surface area (Å²) in [5.41, 5.74) is 3.65. The Morgan fingerprint density at radius 1 is 1.19 bits per heavy atom. The molecule has 0 spiro atoms. The fraction of sp³-hybridized carbons (Fsp3) is 0.118. The number of carboxylic acids is 1. The smallest absolute Gasteiger partial charge is 0.335 e. The Kier molecular flexibility index (Phi) is 3.71. The monoisotopic (exact) mass is 297 g/mol. The van der Waals surface area contributed by atoms with Crippen LogP contribution in [0, 0.1) is 6.92 Å². The first-order valence-corrected chi connectivity index (χ1v) is 7.65. The van der Waals surface area contributed by atoms with Gasteiger partial charge < -0.3 is 10.1 Å². The van der Waals surface area contributed by atoms with Crippen molar-refractivity contribution in [3.63, 3.8) is 0 Å². The lowest BCUT2D eigenvalue weighted by Crippen LogP contribution is -1.98. The van der Waals surface area contributed by atoms with Crippen LogP contribution < -0.4 is 0 Å². The molecule has 0 amide bonds. The zero-order valence-corrected chi connectivity index (χ0v) is 12.4. The second-order valence-electron chi connectivity index (χ2n) is 4.96. The summed E-state index contributed by atoms with van der Waals surface area (Å²) in [6, 6.07) is 15.6. The van der Waals surface area contributed by atoms with Gasteiger partial charge in [0, 0.05) is 16.7 Å². The highest BCUT2D eigenvalue weighted by Gasteiger charge is 2.07. The van der Waals surface area contributed by atoms with Crippen molar-refractivity contribution in [2.24, 2.45) is 0 Å². The number of benzene rings is 2. The highest BCUT2D eigenvalue weighted by molar-refractivity contribution is 7.98. The summed E-state index contributed by atoms with van der Waals surface area (Å²) in [6.07, 6.45) is 0. The number of nitrogens with one attached hydrogen (secondary N) is 1. The minimum atomic E-state index is -0.882. The minimum Gasteiger partial charge on any atom is -0.478 e. The molecule has 3 nitrogen and oxygen atoms in total. The minimum absolute atomic E-state index is 0.340. The molecule has 3 aromatic rings. The van der Waals surface area contributed by atoms with Gasteiger partial charge in [0.1, 0.15) is 0 Å². The Morgan fingerprint density at radius 2 is 2.00 bits per heavy atom. The first-order valence-electron chi connectivity index (χ1n) is 6.67. The van der Waals surface area contributed by atoms with Gasteiger partial charge in [-0.3, -0.25) is 0 Å². The molecule has 2 aromatic carbocycles. The maximum absolute atomic E-state index is 10.9. The van der Waals surface area contributed by atoms with E-state index in [2.05, 4.69) is 23.2 Å². The first-order chi connectivity index (χ1) is 10.1. The van der Waals surface area contributed by atoms with E-state index in [4.69, 9.17) is 5.11 Å². The number of carbonyl (C=O) groups is 1. The summed E-state index contributed by atoms with van der Waals surface area (Å²) in [5.74, 6) is -0.0635. The number of aromatic carboxylic acids is 1. The van der Waals surface area contributed by atoms with Gasteiger partial charge in [-0.05, 0) is 42.3 Å². The average Bonchev–Trinajstić information content (AvgIpc) is 2.88. The number of para-hydroxylation sites is 1. The lowest BCUT2D eigenvalue weighted by Gasteiger charge is -2.06. The van der Waals surface area contributed by atoms with Crippen molar-refractivity contribution in [2.45, 2.75) is 17.7 Å². The van der Waals surface area contributed by atoms with Crippen molar-refractivity contribution in [2.75, 3.05) is 0 Å². The van der Waals surface area contributed by atoms with Crippen molar-refractivity contribution < 1.29 is 9.90 Å². The molecule has 4 heteroatoms.